The molecule has 2 aromatic rings. The Morgan fingerprint density at radius 3 is 2.90 bits per heavy atom. The molecule has 2 amide bonds. The van der Waals surface area contributed by atoms with E-state index in [2.05, 4.69) is 10.2 Å². The van der Waals surface area contributed by atoms with Crippen LogP contribution in [-0.4, -0.2) is 40.9 Å². The van der Waals surface area contributed by atoms with Crippen LogP contribution in [0.3, 0.4) is 0 Å². The molecule has 0 radical (unpaired) electrons. The van der Waals surface area contributed by atoms with Crippen LogP contribution in [-0.2, 0) is 15.1 Å². The van der Waals surface area contributed by atoms with Gasteiger partial charge in [0, 0.05) is 41.2 Å². The first kappa shape index (κ1) is 18.6. The Morgan fingerprint density at radius 1 is 1.28 bits per heavy atom. The van der Waals surface area contributed by atoms with Gasteiger partial charge in [-0.15, -0.1) is 11.8 Å². The Bertz CT molecular complexity index is 1000. The smallest absolute Gasteiger partial charge is 0.253 e. The van der Waals surface area contributed by atoms with Crippen LogP contribution in [0.2, 0.25) is 0 Å². The van der Waals surface area contributed by atoms with Gasteiger partial charge < -0.3 is 10.2 Å². The van der Waals surface area contributed by atoms with E-state index in [9.17, 15) is 14.0 Å². The summed E-state index contributed by atoms with van der Waals surface area (Å²) in [5, 5.41) is 2.87. The number of para-hydroxylation sites is 1. The number of fused-ring (bicyclic) bond motifs is 4. The Hall–Kier alpha value is -2.38. The van der Waals surface area contributed by atoms with E-state index < -0.39 is 17.3 Å². The standard InChI is InChI=1S/C22H22FN3O2S/c1-2-25-19-9-4-3-8-17(19)22(21(25)28)18(11-16-12-29-13-26(16)22)20(27)24-15-7-5-6-14(23)10-15/h3-10,16,18H,2,11-13H2,1H3,(H,24,27)/t16-,18+,22-/m0/s1. The van der Waals surface area contributed by atoms with Gasteiger partial charge in [0.05, 0.1) is 5.92 Å². The second kappa shape index (κ2) is 6.85. The SMILES string of the molecule is CCN1C(=O)[C@]2(c3ccccc31)[C@@H](C(=O)Nc1cccc(F)c1)C[C@H]1CSCN12. The first-order chi connectivity index (χ1) is 14.1. The van der Waals surface area contributed by atoms with Crippen molar-refractivity contribution in [1.29, 1.82) is 0 Å². The van der Waals surface area contributed by atoms with Crippen LogP contribution in [0.15, 0.2) is 48.5 Å². The van der Waals surface area contributed by atoms with Crippen molar-refractivity contribution in [2.45, 2.75) is 24.9 Å². The van der Waals surface area contributed by atoms with Crippen molar-refractivity contribution < 1.29 is 14.0 Å². The van der Waals surface area contributed by atoms with E-state index in [0.29, 0.717) is 18.7 Å². The molecule has 5 rings (SSSR count). The van der Waals surface area contributed by atoms with E-state index >= 15 is 0 Å². The number of nitrogens with zero attached hydrogens (tertiary/aromatic N) is 2. The molecule has 2 aromatic carbocycles. The average Bonchev–Trinajstić information content (AvgIpc) is 3.35. The maximum absolute atomic E-state index is 13.8. The highest BCUT2D eigenvalue weighted by atomic mass is 32.2. The van der Waals surface area contributed by atoms with Crippen LogP contribution >= 0.6 is 11.8 Å². The highest BCUT2D eigenvalue weighted by molar-refractivity contribution is 7.99. The van der Waals surface area contributed by atoms with Crippen LogP contribution in [0.5, 0.6) is 0 Å². The third kappa shape index (κ3) is 2.57. The molecule has 2 saturated heterocycles. The molecule has 5 nitrogen and oxygen atoms in total. The molecule has 1 spiro atoms. The van der Waals surface area contributed by atoms with Gasteiger partial charge in [-0.3, -0.25) is 14.5 Å². The molecule has 150 valence electrons. The minimum Gasteiger partial charge on any atom is -0.326 e. The summed E-state index contributed by atoms with van der Waals surface area (Å²) in [7, 11) is 0. The van der Waals surface area contributed by atoms with Gasteiger partial charge in [-0.2, -0.15) is 0 Å². The van der Waals surface area contributed by atoms with E-state index in [0.717, 1.165) is 22.9 Å². The number of thioether (sulfide) groups is 1. The molecule has 0 aromatic heterocycles. The lowest BCUT2D eigenvalue weighted by molar-refractivity contribution is -0.136. The zero-order valence-electron chi connectivity index (χ0n) is 16.1. The molecule has 0 saturated carbocycles. The molecule has 29 heavy (non-hydrogen) atoms. The van der Waals surface area contributed by atoms with Crippen molar-refractivity contribution in [3.05, 3.63) is 59.9 Å². The van der Waals surface area contributed by atoms with Crippen molar-refractivity contribution in [2.24, 2.45) is 5.92 Å². The Labute approximate surface area is 173 Å². The molecule has 3 aliphatic rings. The first-order valence-electron chi connectivity index (χ1n) is 9.89. The van der Waals surface area contributed by atoms with Crippen LogP contribution in [0.4, 0.5) is 15.8 Å². The molecule has 0 unspecified atom stereocenters. The Morgan fingerprint density at radius 2 is 2.10 bits per heavy atom. The number of halogens is 1. The molecule has 7 heteroatoms. The van der Waals surface area contributed by atoms with Gasteiger partial charge in [-0.05, 0) is 37.6 Å². The summed E-state index contributed by atoms with van der Waals surface area (Å²) in [5.74, 6) is 0.461. The second-order valence-corrected chi connectivity index (χ2v) is 8.74. The molecule has 2 fully saturated rings. The normalized spacial score (nSPS) is 28.1. The van der Waals surface area contributed by atoms with Crippen molar-refractivity contribution in [3.8, 4) is 0 Å². The van der Waals surface area contributed by atoms with Crippen LogP contribution < -0.4 is 10.2 Å². The summed E-state index contributed by atoms with van der Waals surface area (Å²) in [4.78, 5) is 31.3. The van der Waals surface area contributed by atoms with Gasteiger partial charge in [0.2, 0.25) is 5.91 Å². The fraction of sp³-hybridized carbons (Fsp3) is 0.364. The number of benzene rings is 2. The molecule has 3 aliphatic heterocycles. The molecule has 0 bridgehead atoms. The summed E-state index contributed by atoms with van der Waals surface area (Å²) in [5.41, 5.74) is 1.23. The van der Waals surface area contributed by atoms with Gasteiger partial charge in [-0.25, -0.2) is 4.39 Å². The van der Waals surface area contributed by atoms with E-state index in [4.69, 9.17) is 0 Å². The predicted molar refractivity (Wildman–Crippen MR) is 112 cm³/mol. The zero-order valence-corrected chi connectivity index (χ0v) is 16.9. The third-order valence-corrected chi connectivity index (χ3v) is 7.43. The predicted octanol–water partition coefficient (Wildman–Crippen LogP) is 3.42. The van der Waals surface area contributed by atoms with Gasteiger partial charge in [0.15, 0.2) is 0 Å². The molecule has 3 atom stereocenters. The number of nitrogens with one attached hydrogen (secondary N) is 1. The average molecular weight is 412 g/mol. The Balaban J connectivity index is 1.61. The molecule has 0 aliphatic carbocycles. The van der Waals surface area contributed by atoms with Crippen molar-refractivity contribution in [1.82, 2.24) is 4.90 Å². The van der Waals surface area contributed by atoms with Crippen LogP contribution in [0.1, 0.15) is 18.9 Å². The molecule has 1 N–H and O–H groups in total. The van der Waals surface area contributed by atoms with E-state index in [-0.39, 0.29) is 17.9 Å². The summed E-state index contributed by atoms with van der Waals surface area (Å²) >= 11 is 1.81. The fourth-order valence-corrected chi connectivity index (χ4v) is 6.50. The zero-order chi connectivity index (χ0) is 20.2. The number of rotatable bonds is 3. The molecular weight excluding hydrogens is 389 g/mol. The lowest BCUT2D eigenvalue weighted by Crippen LogP contribution is -2.55. The monoisotopic (exact) mass is 411 g/mol. The third-order valence-electron chi connectivity index (χ3n) is 6.35. The highest BCUT2D eigenvalue weighted by Crippen LogP contribution is 2.57. The number of anilines is 2. The summed E-state index contributed by atoms with van der Waals surface area (Å²) < 4.78 is 13.6. The van der Waals surface area contributed by atoms with Crippen molar-refractivity contribution in [2.75, 3.05) is 28.4 Å². The van der Waals surface area contributed by atoms with Gasteiger partial charge >= 0.3 is 0 Å². The Kier molecular flexibility index (Phi) is 4.40. The van der Waals surface area contributed by atoms with Crippen LogP contribution in [0.25, 0.3) is 0 Å². The quantitative estimate of drug-likeness (QED) is 0.841. The van der Waals surface area contributed by atoms with E-state index in [1.807, 2.05) is 31.2 Å². The topological polar surface area (TPSA) is 52.7 Å². The fourth-order valence-electron chi connectivity index (χ4n) is 5.19. The van der Waals surface area contributed by atoms with Gasteiger partial charge in [-0.1, -0.05) is 24.3 Å². The number of amides is 2. The maximum atomic E-state index is 13.8. The summed E-state index contributed by atoms with van der Waals surface area (Å²) in [6, 6.07) is 13.9. The van der Waals surface area contributed by atoms with Crippen molar-refractivity contribution in [3.63, 3.8) is 0 Å². The van der Waals surface area contributed by atoms with E-state index in [1.165, 1.54) is 12.1 Å². The number of carbonyl (C=O) groups excluding carboxylic acids is 2. The number of hydrogen-bond acceptors (Lipinski definition) is 4. The lowest BCUT2D eigenvalue weighted by atomic mass is 9.79. The summed E-state index contributed by atoms with van der Waals surface area (Å²) in [6.45, 7) is 2.52. The van der Waals surface area contributed by atoms with Crippen LogP contribution in [0, 0.1) is 11.7 Å². The largest absolute Gasteiger partial charge is 0.326 e. The minimum absolute atomic E-state index is 0.0226. The van der Waals surface area contributed by atoms with E-state index in [1.54, 1.807) is 28.8 Å². The van der Waals surface area contributed by atoms with Gasteiger partial charge in [0.25, 0.3) is 5.91 Å². The summed E-state index contributed by atoms with van der Waals surface area (Å²) in [6.07, 6.45) is 0.617. The van der Waals surface area contributed by atoms with Crippen molar-refractivity contribution >= 4 is 35.0 Å². The maximum Gasteiger partial charge on any atom is 0.253 e. The highest BCUT2D eigenvalue weighted by Gasteiger charge is 2.67. The number of carbonyl (C=O) groups is 2. The number of likely N-dealkylation sites (N-methyl/N-ethyl adjacent to an activating group) is 1. The lowest BCUT2D eigenvalue weighted by Gasteiger charge is -2.36. The number of hydrogen-bond donors (Lipinski definition) is 1. The molecular formula is C22H22FN3O2S. The first-order valence-corrected chi connectivity index (χ1v) is 11.0. The second-order valence-electron chi connectivity index (χ2n) is 7.74. The van der Waals surface area contributed by atoms with Gasteiger partial charge in [0.1, 0.15) is 11.4 Å². The minimum atomic E-state index is -0.988. The molecule has 3 heterocycles.